The zero-order valence-corrected chi connectivity index (χ0v) is 8.09. The summed E-state index contributed by atoms with van der Waals surface area (Å²) in [6.45, 7) is 0.891. The Labute approximate surface area is 86.7 Å². The first-order valence-corrected chi connectivity index (χ1v) is 4.43. The molecule has 0 fully saturated rings. The Balaban J connectivity index is 2.39. The zero-order valence-electron chi connectivity index (χ0n) is 8.09. The first-order valence-electron chi connectivity index (χ1n) is 4.43. The minimum Gasteiger partial charge on any atom is -0.493 e. The quantitative estimate of drug-likeness (QED) is 0.435. The van der Waals surface area contributed by atoms with Gasteiger partial charge in [0, 0.05) is 18.6 Å². The molecule has 0 aromatic heterocycles. The smallest absolute Gasteiger partial charge is 0.269 e. The van der Waals surface area contributed by atoms with E-state index in [1.807, 2.05) is 0 Å². The first kappa shape index (κ1) is 11.4. The third-order valence-corrected chi connectivity index (χ3v) is 1.72. The molecular formula is C9H12N2O4. The molecule has 2 N–H and O–H groups in total. The van der Waals surface area contributed by atoms with E-state index >= 15 is 0 Å². The lowest BCUT2D eigenvalue weighted by Gasteiger charge is -2.04. The lowest BCUT2D eigenvalue weighted by atomic mass is 10.3. The number of rotatable bonds is 6. The predicted octanol–water partition coefficient (Wildman–Crippen LogP) is 1.25. The predicted molar refractivity (Wildman–Crippen MR) is 53.3 cm³/mol. The first-order chi connectivity index (χ1) is 7.24. The number of hydrogen-bond donors (Lipinski definition) is 1. The molecule has 0 atom stereocenters. The molecule has 0 aliphatic rings. The molecule has 0 unspecified atom stereocenters. The van der Waals surface area contributed by atoms with Gasteiger partial charge < -0.3 is 9.57 Å². The Morgan fingerprint density at radius 3 is 2.47 bits per heavy atom. The Hall–Kier alpha value is -1.66. The molecular weight excluding hydrogens is 200 g/mol. The molecule has 6 nitrogen and oxygen atoms in total. The molecule has 1 aromatic carbocycles. The number of benzene rings is 1. The molecule has 15 heavy (non-hydrogen) atoms. The van der Waals surface area contributed by atoms with E-state index in [1.54, 1.807) is 12.1 Å². The molecule has 0 bridgehead atoms. The molecule has 0 aliphatic heterocycles. The second-order valence-electron chi connectivity index (χ2n) is 2.82. The van der Waals surface area contributed by atoms with Crippen LogP contribution in [-0.4, -0.2) is 18.1 Å². The van der Waals surface area contributed by atoms with Gasteiger partial charge in [0.15, 0.2) is 0 Å². The van der Waals surface area contributed by atoms with Gasteiger partial charge in [-0.3, -0.25) is 10.1 Å². The average molecular weight is 212 g/mol. The van der Waals surface area contributed by atoms with Crippen molar-refractivity contribution in [2.24, 2.45) is 5.90 Å². The van der Waals surface area contributed by atoms with Crippen LogP contribution in [0.3, 0.4) is 0 Å². The maximum Gasteiger partial charge on any atom is 0.269 e. The van der Waals surface area contributed by atoms with Crippen molar-refractivity contribution in [1.29, 1.82) is 0 Å². The molecule has 0 amide bonds. The van der Waals surface area contributed by atoms with Gasteiger partial charge in [-0.15, -0.1) is 0 Å². The highest BCUT2D eigenvalue weighted by Crippen LogP contribution is 2.17. The lowest BCUT2D eigenvalue weighted by Crippen LogP contribution is -2.06. The average Bonchev–Trinajstić information content (AvgIpc) is 2.25. The van der Waals surface area contributed by atoms with Crippen LogP contribution in [0.5, 0.6) is 5.75 Å². The van der Waals surface area contributed by atoms with Crippen molar-refractivity contribution >= 4 is 5.69 Å². The van der Waals surface area contributed by atoms with E-state index in [2.05, 4.69) is 4.84 Å². The van der Waals surface area contributed by atoms with Crippen LogP contribution in [0.25, 0.3) is 0 Å². The van der Waals surface area contributed by atoms with Crippen LogP contribution in [0.15, 0.2) is 24.3 Å². The van der Waals surface area contributed by atoms with Gasteiger partial charge in [-0.1, -0.05) is 0 Å². The van der Waals surface area contributed by atoms with Gasteiger partial charge in [-0.05, 0) is 12.1 Å². The van der Waals surface area contributed by atoms with Gasteiger partial charge in [0.05, 0.1) is 18.1 Å². The summed E-state index contributed by atoms with van der Waals surface area (Å²) in [4.78, 5) is 14.3. The molecule has 0 saturated carbocycles. The fourth-order valence-electron chi connectivity index (χ4n) is 0.996. The van der Waals surface area contributed by atoms with Crippen molar-refractivity contribution in [3.05, 3.63) is 34.4 Å². The van der Waals surface area contributed by atoms with Crippen LogP contribution in [-0.2, 0) is 4.84 Å². The highest BCUT2D eigenvalue weighted by Gasteiger charge is 2.03. The van der Waals surface area contributed by atoms with Crippen molar-refractivity contribution in [1.82, 2.24) is 0 Å². The Morgan fingerprint density at radius 2 is 1.93 bits per heavy atom. The van der Waals surface area contributed by atoms with E-state index in [1.165, 1.54) is 12.1 Å². The van der Waals surface area contributed by atoms with Crippen LogP contribution >= 0.6 is 0 Å². The zero-order chi connectivity index (χ0) is 11.1. The summed E-state index contributed by atoms with van der Waals surface area (Å²) in [7, 11) is 0. The SMILES string of the molecule is NOCCCOc1ccc([N+](=O)[O-])cc1. The molecule has 82 valence electrons. The molecule has 0 aliphatic carbocycles. The van der Waals surface area contributed by atoms with E-state index in [-0.39, 0.29) is 5.69 Å². The van der Waals surface area contributed by atoms with Crippen LogP contribution in [0.1, 0.15) is 6.42 Å². The summed E-state index contributed by atoms with van der Waals surface area (Å²) >= 11 is 0. The van der Waals surface area contributed by atoms with Crippen LogP contribution in [0, 0.1) is 10.1 Å². The monoisotopic (exact) mass is 212 g/mol. The topological polar surface area (TPSA) is 87.6 Å². The number of hydrogen-bond acceptors (Lipinski definition) is 5. The number of nitro benzene ring substituents is 1. The maximum absolute atomic E-state index is 10.3. The van der Waals surface area contributed by atoms with Gasteiger partial charge in [0.1, 0.15) is 5.75 Å². The molecule has 0 radical (unpaired) electrons. The van der Waals surface area contributed by atoms with Crippen molar-refractivity contribution in [2.45, 2.75) is 6.42 Å². The second kappa shape index (κ2) is 5.94. The summed E-state index contributed by atoms with van der Waals surface area (Å²) in [5.74, 6) is 5.43. The number of nitrogens with zero attached hydrogens (tertiary/aromatic N) is 1. The third kappa shape index (κ3) is 3.92. The molecule has 0 saturated heterocycles. The van der Waals surface area contributed by atoms with Gasteiger partial charge in [-0.2, -0.15) is 0 Å². The van der Waals surface area contributed by atoms with Crippen LogP contribution < -0.4 is 10.6 Å². The van der Waals surface area contributed by atoms with Crippen LogP contribution in [0.2, 0.25) is 0 Å². The van der Waals surface area contributed by atoms with Crippen molar-refractivity contribution in [3.8, 4) is 5.75 Å². The van der Waals surface area contributed by atoms with Crippen molar-refractivity contribution < 1.29 is 14.5 Å². The van der Waals surface area contributed by atoms with Crippen molar-refractivity contribution in [2.75, 3.05) is 13.2 Å². The fourth-order valence-corrected chi connectivity index (χ4v) is 0.996. The summed E-state index contributed by atoms with van der Waals surface area (Å²) in [5, 5.41) is 10.3. The van der Waals surface area contributed by atoms with E-state index in [0.29, 0.717) is 25.4 Å². The maximum atomic E-state index is 10.3. The van der Waals surface area contributed by atoms with Gasteiger partial charge in [0.2, 0.25) is 0 Å². The Kier molecular flexibility index (Phi) is 4.52. The highest BCUT2D eigenvalue weighted by molar-refractivity contribution is 5.35. The van der Waals surface area contributed by atoms with E-state index < -0.39 is 4.92 Å². The van der Waals surface area contributed by atoms with Crippen molar-refractivity contribution in [3.63, 3.8) is 0 Å². The number of ether oxygens (including phenoxy) is 1. The minimum absolute atomic E-state index is 0.0487. The van der Waals surface area contributed by atoms with Gasteiger partial charge >= 0.3 is 0 Å². The summed E-state index contributed by atoms with van der Waals surface area (Å²) in [6.07, 6.45) is 0.674. The summed E-state index contributed by atoms with van der Waals surface area (Å²) < 4.78 is 5.28. The summed E-state index contributed by atoms with van der Waals surface area (Å²) in [6, 6.07) is 5.91. The normalized spacial score (nSPS) is 9.93. The molecule has 0 spiro atoms. The third-order valence-electron chi connectivity index (χ3n) is 1.72. The van der Waals surface area contributed by atoms with Gasteiger partial charge in [0.25, 0.3) is 5.69 Å². The number of non-ortho nitro benzene ring substituents is 1. The van der Waals surface area contributed by atoms with E-state index in [0.717, 1.165) is 0 Å². The highest BCUT2D eigenvalue weighted by atomic mass is 16.6. The van der Waals surface area contributed by atoms with E-state index in [4.69, 9.17) is 10.6 Å². The standard InChI is InChI=1S/C9H12N2O4/c10-15-7-1-6-14-9-4-2-8(3-5-9)11(12)13/h2-5H,1,6-7,10H2. The largest absolute Gasteiger partial charge is 0.493 e. The number of nitro groups is 1. The molecule has 1 rings (SSSR count). The Bertz CT molecular complexity index is 312. The van der Waals surface area contributed by atoms with Crippen LogP contribution in [0.4, 0.5) is 5.69 Å². The Morgan fingerprint density at radius 1 is 1.27 bits per heavy atom. The molecule has 0 heterocycles. The number of nitrogens with two attached hydrogens (primary N) is 1. The van der Waals surface area contributed by atoms with E-state index in [9.17, 15) is 10.1 Å². The minimum atomic E-state index is -0.452. The molecule has 6 heteroatoms. The van der Waals surface area contributed by atoms with Gasteiger partial charge in [-0.25, -0.2) is 5.90 Å². The second-order valence-corrected chi connectivity index (χ2v) is 2.82. The lowest BCUT2D eigenvalue weighted by molar-refractivity contribution is -0.384. The fraction of sp³-hybridized carbons (Fsp3) is 0.333. The molecule has 1 aromatic rings. The summed E-state index contributed by atoms with van der Waals surface area (Å²) in [5.41, 5.74) is 0.0487.